The Morgan fingerprint density at radius 3 is 2.53 bits per heavy atom. The summed E-state index contributed by atoms with van der Waals surface area (Å²) in [6.45, 7) is 3.06. The van der Waals surface area contributed by atoms with E-state index in [0.717, 1.165) is 25.9 Å². The molecule has 1 heteroatoms. The van der Waals surface area contributed by atoms with Gasteiger partial charge in [0.15, 0.2) is 0 Å². The summed E-state index contributed by atoms with van der Waals surface area (Å²) >= 11 is 0. The monoisotopic (exact) mass is 252 g/mol. The smallest absolute Gasteiger partial charge is 0.0971 e. The Morgan fingerprint density at radius 1 is 1.00 bits per heavy atom. The van der Waals surface area contributed by atoms with Crippen molar-refractivity contribution in [3.63, 3.8) is 0 Å². The van der Waals surface area contributed by atoms with E-state index in [4.69, 9.17) is 4.74 Å². The molecule has 1 nitrogen and oxygen atoms in total. The molecule has 0 fully saturated rings. The summed E-state index contributed by atoms with van der Waals surface area (Å²) in [6.07, 6.45) is 3.01. The fourth-order valence-electron chi connectivity index (χ4n) is 3.11. The molecule has 0 N–H and O–H groups in total. The lowest BCUT2D eigenvalue weighted by Crippen LogP contribution is -2.37. The average molecular weight is 252 g/mol. The average Bonchev–Trinajstić information content (AvgIpc) is 2.49. The molecular formula is C18H20O. The first-order chi connectivity index (χ1) is 9.34. The summed E-state index contributed by atoms with van der Waals surface area (Å²) < 4.78 is 6.25. The van der Waals surface area contributed by atoms with Crippen molar-refractivity contribution in [2.24, 2.45) is 0 Å². The number of ether oxygens (including phenoxy) is 1. The van der Waals surface area contributed by atoms with Gasteiger partial charge in [0, 0.05) is 6.42 Å². The molecule has 0 amide bonds. The van der Waals surface area contributed by atoms with Crippen molar-refractivity contribution in [3.05, 3.63) is 71.3 Å². The van der Waals surface area contributed by atoms with Crippen molar-refractivity contribution < 1.29 is 4.74 Å². The quantitative estimate of drug-likeness (QED) is 0.799. The van der Waals surface area contributed by atoms with Crippen molar-refractivity contribution in [2.45, 2.75) is 31.8 Å². The minimum Gasteiger partial charge on any atom is -0.370 e. The molecule has 0 saturated heterocycles. The Hall–Kier alpha value is -1.60. The van der Waals surface area contributed by atoms with E-state index in [9.17, 15) is 0 Å². The number of fused-ring (bicyclic) bond motifs is 1. The second-order valence-corrected chi connectivity index (χ2v) is 5.27. The maximum atomic E-state index is 6.25. The second kappa shape index (κ2) is 5.18. The summed E-state index contributed by atoms with van der Waals surface area (Å²) in [5.74, 6) is 0. The molecule has 1 atom stereocenters. The van der Waals surface area contributed by atoms with Crippen molar-refractivity contribution in [2.75, 3.05) is 6.61 Å². The van der Waals surface area contributed by atoms with Crippen molar-refractivity contribution in [1.82, 2.24) is 0 Å². The SMILES string of the molecule is CCC1(Cc2ccccc2)OCCc2ccccc21. The highest BCUT2D eigenvalue weighted by Gasteiger charge is 2.36. The van der Waals surface area contributed by atoms with Crippen LogP contribution in [0.15, 0.2) is 54.6 Å². The van der Waals surface area contributed by atoms with Gasteiger partial charge in [0.2, 0.25) is 0 Å². The van der Waals surface area contributed by atoms with E-state index < -0.39 is 0 Å². The predicted octanol–water partition coefficient (Wildman–Crippen LogP) is 4.11. The van der Waals surface area contributed by atoms with Crippen LogP contribution in [0.4, 0.5) is 0 Å². The maximum Gasteiger partial charge on any atom is 0.0971 e. The first-order valence-corrected chi connectivity index (χ1v) is 7.10. The number of hydrogen-bond acceptors (Lipinski definition) is 1. The van der Waals surface area contributed by atoms with Gasteiger partial charge < -0.3 is 4.74 Å². The van der Waals surface area contributed by atoms with Crippen LogP contribution in [0.2, 0.25) is 0 Å². The van der Waals surface area contributed by atoms with Crippen LogP contribution in [0.5, 0.6) is 0 Å². The number of hydrogen-bond donors (Lipinski definition) is 0. The Morgan fingerprint density at radius 2 is 1.74 bits per heavy atom. The van der Waals surface area contributed by atoms with Crippen molar-refractivity contribution >= 4 is 0 Å². The fourth-order valence-corrected chi connectivity index (χ4v) is 3.11. The number of benzene rings is 2. The highest BCUT2D eigenvalue weighted by atomic mass is 16.5. The highest BCUT2D eigenvalue weighted by Crippen LogP contribution is 2.38. The molecule has 0 bridgehead atoms. The van der Waals surface area contributed by atoms with Crippen LogP contribution in [0, 0.1) is 0 Å². The molecule has 0 saturated carbocycles. The second-order valence-electron chi connectivity index (χ2n) is 5.27. The molecule has 0 spiro atoms. The third-order valence-electron chi connectivity index (χ3n) is 4.16. The van der Waals surface area contributed by atoms with E-state index in [1.54, 1.807) is 0 Å². The summed E-state index contributed by atoms with van der Waals surface area (Å²) in [6, 6.07) is 19.4. The zero-order valence-electron chi connectivity index (χ0n) is 11.4. The molecule has 0 radical (unpaired) electrons. The van der Waals surface area contributed by atoms with Crippen LogP contribution in [-0.4, -0.2) is 6.61 Å². The first-order valence-electron chi connectivity index (χ1n) is 7.10. The molecule has 1 heterocycles. The molecule has 19 heavy (non-hydrogen) atoms. The largest absolute Gasteiger partial charge is 0.370 e. The van der Waals surface area contributed by atoms with E-state index in [-0.39, 0.29) is 5.60 Å². The zero-order chi connectivity index (χ0) is 13.1. The Kier molecular flexibility index (Phi) is 3.39. The maximum absolute atomic E-state index is 6.25. The number of rotatable bonds is 3. The van der Waals surface area contributed by atoms with E-state index in [1.165, 1.54) is 16.7 Å². The van der Waals surface area contributed by atoms with Crippen LogP contribution in [0.25, 0.3) is 0 Å². The molecule has 0 aliphatic carbocycles. The van der Waals surface area contributed by atoms with Crippen LogP contribution in [0.3, 0.4) is 0 Å². The van der Waals surface area contributed by atoms with Gasteiger partial charge in [-0.1, -0.05) is 61.5 Å². The molecular weight excluding hydrogens is 232 g/mol. The molecule has 1 aliphatic heterocycles. The predicted molar refractivity (Wildman–Crippen MR) is 78.2 cm³/mol. The van der Waals surface area contributed by atoms with Crippen LogP contribution >= 0.6 is 0 Å². The van der Waals surface area contributed by atoms with E-state index in [2.05, 4.69) is 61.5 Å². The van der Waals surface area contributed by atoms with Gasteiger partial charge in [0.1, 0.15) is 0 Å². The molecule has 3 rings (SSSR count). The highest BCUT2D eigenvalue weighted by molar-refractivity contribution is 5.36. The standard InChI is InChI=1S/C18H20O/c1-2-18(14-15-8-4-3-5-9-15)17-11-7-6-10-16(17)12-13-19-18/h3-11H,2,12-14H2,1H3. The van der Waals surface area contributed by atoms with Crippen molar-refractivity contribution in [3.8, 4) is 0 Å². The topological polar surface area (TPSA) is 9.23 Å². The summed E-state index contributed by atoms with van der Waals surface area (Å²) in [5, 5.41) is 0. The van der Waals surface area contributed by atoms with Gasteiger partial charge in [0.05, 0.1) is 12.2 Å². The minimum atomic E-state index is -0.143. The lowest BCUT2D eigenvalue weighted by atomic mass is 9.80. The Bertz CT molecular complexity index is 547. The van der Waals surface area contributed by atoms with Crippen LogP contribution in [0.1, 0.15) is 30.0 Å². The van der Waals surface area contributed by atoms with Gasteiger partial charge >= 0.3 is 0 Å². The molecule has 1 aliphatic rings. The summed E-state index contributed by atoms with van der Waals surface area (Å²) in [4.78, 5) is 0. The van der Waals surface area contributed by atoms with Crippen molar-refractivity contribution in [1.29, 1.82) is 0 Å². The van der Waals surface area contributed by atoms with Crippen LogP contribution in [-0.2, 0) is 23.2 Å². The third kappa shape index (κ3) is 2.31. The normalized spacial score (nSPS) is 21.9. The molecule has 2 aromatic rings. The Labute approximate surface area is 115 Å². The van der Waals surface area contributed by atoms with Gasteiger partial charge in [-0.3, -0.25) is 0 Å². The van der Waals surface area contributed by atoms with Crippen LogP contribution < -0.4 is 0 Å². The van der Waals surface area contributed by atoms with Gasteiger partial charge in [-0.2, -0.15) is 0 Å². The molecule has 2 aromatic carbocycles. The summed E-state index contributed by atoms with van der Waals surface area (Å²) in [5.41, 5.74) is 4.04. The molecule has 1 unspecified atom stereocenters. The van der Waals surface area contributed by atoms with Gasteiger partial charge in [0.25, 0.3) is 0 Å². The fraction of sp³-hybridized carbons (Fsp3) is 0.333. The van der Waals surface area contributed by atoms with E-state index in [1.807, 2.05) is 0 Å². The Balaban J connectivity index is 2.00. The summed E-state index contributed by atoms with van der Waals surface area (Å²) in [7, 11) is 0. The first kappa shape index (κ1) is 12.4. The lowest BCUT2D eigenvalue weighted by Gasteiger charge is -2.39. The zero-order valence-corrected chi connectivity index (χ0v) is 11.4. The van der Waals surface area contributed by atoms with Gasteiger partial charge in [-0.05, 0) is 29.5 Å². The van der Waals surface area contributed by atoms with E-state index >= 15 is 0 Å². The molecule has 98 valence electrons. The lowest BCUT2D eigenvalue weighted by molar-refractivity contribution is -0.0632. The third-order valence-corrected chi connectivity index (χ3v) is 4.16. The minimum absolute atomic E-state index is 0.143. The van der Waals surface area contributed by atoms with E-state index in [0.29, 0.717) is 0 Å². The van der Waals surface area contributed by atoms with Gasteiger partial charge in [-0.25, -0.2) is 0 Å². The molecule has 0 aromatic heterocycles. The van der Waals surface area contributed by atoms with Gasteiger partial charge in [-0.15, -0.1) is 0 Å².